The van der Waals surface area contributed by atoms with Crippen LogP contribution < -0.4 is 21.9 Å². The number of H-pyrrole nitrogens is 2. The van der Waals surface area contributed by atoms with Crippen molar-refractivity contribution in [3.05, 3.63) is 48.6 Å². The third-order valence-corrected chi connectivity index (χ3v) is 6.55. The Morgan fingerprint density at radius 3 is 2.58 bits per heavy atom. The van der Waals surface area contributed by atoms with Crippen LogP contribution >= 0.6 is 11.3 Å². The van der Waals surface area contributed by atoms with E-state index in [0.29, 0.717) is 11.6 Å². The first kappa shape index (κ1) is 17.1. The molecule has 26 heavy (non-hydrogen) atoms. The fraction of sp³-hybridized carbons (Fsp3) is 0.500. The summed E-state index contributed by atoms with van der Waals surface area (Å²) in [5, 5.41) is 6.95. The van der Waals surface area contributed by atoms with Crippen molar-refractivity contribution in [1.29, 1.82) is 0 Å². The summed E-state index contributed by atoms with van der Waals surface area (Å²) < 4.78 is 0. The second-order valence-corrected chi connectivity index (χ2v) is 9.21. The summed E-state index contributed by atoms with van der Waals surface area (Å²) in [4.78, 5) is 41.8. The van der Waals surface area contributed by atoms with Gasteiger partial charge in [0.1, 0.15) is 11.2 Å². The smallest absolute Gasteiger partial charge is 0.326 e. The SMILES string of the molecule is CC(C)(C)[C@@H]1CCc2c(sc3c2C(=O)N[C@H](c2cc(=O)[nH]c(=O)[nH]2)N3)C1. The Balaban J connectivity index is 1.68. The van der Waals surface area contributed by atoms with Gasteiger partial charge in [0.2, 0.25) is 0 Å². The van der Waals surface area contributed by atoms with E-state index in [9.17, 15) is 14.4 Å². The number of fused-ring (bicyclic) bond motifs is 3. The highest BCUT2D eigenvalue weighted by atomic mass is 32.1. The Hall–Kier alpha value is -2.35. The number of thiophene rings is 1. The number of rotatable bonds is 1. The van der Waals surface area contributed by atoms with Crippen LogP contribution in [0.1, 0.15) is 59.9 Å². The average molecular weight is 374 g/mol. The lowest BCUT2D eigenvalue weighted by atomic mass is 9.72. The largest absolute Gasteiger partial charge is 0.351 e. The summed E-state index contributed by atoms with van der Waals surface area (Å²) in [6.07, 6.45) is 2.35. The van der Waals surface area contributed by atoms with Crippen molar-refractivity contribution in [3.8, 4) is 0 Å². The minimum absolute atomic E-state index is 0.156. The van der Waals surface area contributed by atoms with Crippen LogP contribution in [-0.4, -0.2) is 15.9 Å². The van der Waals surface area contributed by atoms with Gasteiger partial charge in [-0.15, -0.1) is 11.3 Å². The highest BCUT2D eigenvalue weighted by molar-refractivity contribution is 7.16. The molecule has 138 valence electrons. The number of amides is 1. The van der Waals surface area contributed by atoms with Crippen molar-refractivity contribution in [1.82, 2.24) is 15.3 Å². The maximum absolute atomic E-state index is 12.7. The van der Waals surface area contributed by atoms with E-state index in [1.54, 1.807) is 11.3 Å². The molecule has 4 N–H and O–H groups in total. The van der Waals surface area contributed by atoms with Crippen molar-refractivity contribution >= 4 is 22.2 Å². The topological polar surface area (TPSA) is 107 Å². The van der Waals surface area contributed by atoms with Gasteiger partial charge in [0.05, 0.1) is 11.3 Å². The number of carbonyl (C=O) groups is 1. The molecule has 1 aliphatic carbocycles. The first-order valence-corrected chi connectivity index (χ1v) is 9.59. The number of hydrogen-bond acceptors (Lipinski definition) is 5. The number of nitrogens with one attached hydrogen (secondary N) is 4. The quantitative estimate of drug-likeness (QED) is 0.613. The zero-order chi connectivity index (χ0) is 18.6. The van der Waals surface area contributed by atoms with Crippen LogP contribution in [0, 0.1) is 11.3 Å². The third-order valence-electron chi connectivity index (χ3n) is 5.36. The van der Waals surface area contributed by atoms with Gasteiger partial charge in [-0.1, -0.05) is 20.8 Å². The number of hydrogen-bond donors (Lipinski definition) is 4. The van der Waals surface area contributed by atoms with Crippen molar-refractivity contribution < 1.29 is 4.79 Å². The summed E-state index contributed by atoms with van der Waals surface area (Å²) >= 11 is 1.62. The molecule has 1 amide bonds. The van der Waals surface area contributed by atoms with Gasteiger partial charge in [-0.3, -0.25) is 14.6 Å². The fourth-order valence-corrected chi connectivity index (χ4v) is 5.19. The van der Waals surface area contributed by atoms with E-state index in [1.807, 2.05) is 0 Å². The summed E-state index contributed by atoms with van der Waals surface area (Å²) in [5.74, 6) is 0.439. The molecular formula is C18H22N4O3S. The normalized spacial score (nSPS) is 22.2. The monoisotopic (exact) mass is 374 g/mol. The molecule has 2 atom stereocenters. The molecule has 1 aliphatic heterocycles. The summed E-state index contributed by atoms with van der Waals surface area (Å²) in [7, 11) is 0. The molecular weight excluding hydrogens is 352 g/mol. The number of carbonyl (C=O) groups excluding carboxylic acids is 1. The lowest BCUT2D eigenvalue weighted by Gasteiger charge is -2.34. The van der Waals surface area contributed by atoms with Crippen LogP contribution in [0.25, 0.3) is 0 Å². The maximum Gasteiger partial charge on any atom is 0.326 e. The predicted octanol–water partition coefficient (Wildman–Crippen LogP) is 2.13. The van der Waals surface area contributed by atoms with E-state index in [4.69, 9.17) is 0 Å². The van der Waals surface area contributed by atoms with Gasteiger partial charge in [0, 0.05) is 10.9 Å². The summed E-state index contributed by atoms with van der Waals surface area (Å²) in [6, 6.07) is 1.29. The molecule has 0 bridgehead atoms. The molecule has 2 aromatic rings. The van der Waals surface area contributed by atoms with E-state index in [2.05, 4.69) is 41.4 Å². The van der Waals surface area contributed by atoms with Crippen LogP contribution in [0.3, 0.4) is 0 Å². The van der Waals surface area contributed by atoms with E-state index >= 15 is 0 Å². The zero-order valence-corrected chi connectivity index (χ0v) is 15.8. The lowest BCUT2D eigenvalue weighted by Crippen LogP contribution is -2.40. The van der Waals surface area contributed by atoms with Gasteiger partial charge in [-0.05, 0) is 36.2 Å². The van der Waals surface area contributed by atoms with E-state index in [0.717, 1.165) is 35.4 Å². The number of anilines is 1. The highest BCUT2D eigenvalue weighted by Crippen LogP contribution is 2.45. The van der Waals surface area contributed by atoms with Gasteiger partial charge >= 0.3 is 5.69 Å². The van der Waals surface area contributed by atoms with Crippen molar-refractivity contribution in [2.24, 2.45) is 11.3 Å². The summed E-state index contributed by atoms with van der Waals surface area (Å²) in [5.41, 5.74) is 1.37. The average Bonchev–Trinajstić information content (AvgIpc) is 2.90. The lowest BCUT2D eigenvalue weighted by molar-refractivity contribution is 0.0934. The minimum atomic E-state index is -0.622. The second kappa shape index (κ2) is 5.84. The van der Waals surface area contributed by atoms with Crippen molar-refractivity contribution in [2.45, 2.75) is 46.2 Å². The van der Waals surface area contributed by atoms with Gasteiger partial charge in [-0.25, -0.2) is 4.79 Å². The van der Waals surface area contributed by atoms with E-state index < -0.39 is 17.4 Å². The Morgan fingerprint density at radius 1 is 1.12 bits per heavy atom. The first-order chi connectivity index (χ1) is 12.2. The Bertz CT molecular complexity index is 967. The fourth-order valence-electron chi connectivity index (χ4n) is 3.84. The van der Waals surface area contributed by atoms with E-state index in [-0.39, 0.29) is 11.3 Å². The molecule has 0 fully saturated rings. The maximum atomic E-state index is 12.7. The zero-order valence-electron chi connectivity index (χ0n) is 15.0. The number of aromatic amines is 2. The molecule has 0 unspecified atom stereocenters. The molecule has 4 rings (SSSR count). The Morgan fingerprint density at radius 2 is 1.88 bits per heavy atom. The van der Waals surface area contributed by atoms with Crippen LogP contribution in [0.4, 0.5) is 5.00 Å². The minimum Gasteiger partial charge on any atom is -0.351 e. The predicted molar refractivity (Wildman–Crippen MR) is 101 cm³/mol. The van der Waals surface area contributed by atoms with Crippen molar-refractivity contribution in [3.63, 3.8) is 0 Å². The molecule has 0 saturated heterocycles. The van der Waals surface area contributed by atoms with Gasteiger partial charge in [0.25, 0.3) is 11.5 Å². The van der Waals surface area contributed by atoms with Crippen LogP contribution in [0.5, 0.6) is 0 Å². The molecule has 2 aliphatic rings. The van der Waals surface area contributed by atoms with E-state index in [1.165, 1.54) is 10.9 Å². The van der Waals surface area contributed by atoms with Gasteiger partial charge in [-0.2, -0.15) is 0 Å². The van der Waals surface area contributed by atoms with Gasteiger partial charge in [0.15, 0.2) is 0 Å². The molecule has 2 aromatic heterocycles. The molecule has 7 nitrogen and oxygen atoms in total. The molecule has 3 heterocycles. The van der Waals surface area contributed by atoms with Crippen LogP contribution in [0.15, 0.2) is 15.7 Å². The number of aromatic nitrogens is 2. The van der Waals surface area contributed by atoms with Crippen molar-refractivity contribution in [2.75, 3.05) is 5.32 Å². The van der Waals surface area contributed by atoms with Crippen LogP contribution in [0.2, 0.25) is 0 Å². The molecule has 8 heteroatoms. The molecule has 0 aromatic carbocycles. The molecule has 0 saturated carbocycles. The first-order valence-electron chi connectivity index (χ1n) is 8.78. The third kappa shape index (κ3) is 2.88. The standard InChI is InChI=1S/C18H22N4O3S/c1-18(2,3)8-4-5-9-11(6-8)26-16-13(9)15(24)21-14(22-16)10-7-12(23)20-17(25)19-10/h7-8,14,22H,4-6H2,1-3H3,(H,21,24)(H2,19,20,23,25)/t8-,14+/m1/s1. The second-order valence-electron chi connectivity index (χ2n) is 8.11. The van der Waals surface area contributed by atoms with Crippen LogP contribution in [-0.2, 0) is 12.8 Å². The Kier molecular flexibility index (Phi) is 3.83. The van der Waals surface area contributed by atoms with Gasteiger partial charge < -0.3 is 15.6 Å². The summed E-state index contributed by atoms with van der Waals surface area (Å²) in [6.45, 7) is 6.79. The molecule has 0 radical (unpaired) electrons. The molecule has 0 spiro atoms. The highest BCUT2D eigenvalue weighted by Gasteiger charge is 2.36. The Labute approximate surface area is 154 Å².